The Morgan fingerprint density at radius 1 is 1.50 bits per heavy atom. The third-order valence-corrected chi connectivity index (χ3v) is 3.79. The van der Waals surface area contributed by atoms with Gasteiger partial charge in [0, 0.05) is 31.7 Å². The predicted octanol–water partition coefficient (Wildman–Crippen LogP) is 1.67. The molecule has 1 aliphatic heterocycles. The fraction of sp³-hybridized carbons (Fsp3) is 1.00. The van der Waals surface area contributed by atoms with Crippen LogP contribution < -0.4 is 5.32 Å². The second kappa shape index (κ2) is 5.99. The van der Waals surface area contributed by atoms with E-state index in [4.69, 9.17) is 0 Å². The molecule has 1 saturated heterocycles. The molecule has 0 aromatic rings. The average Bonchev–Trinajstić information content (AvgIpc) is 2.12. The lowest BCUT2D eigenvalue weighted by atomic mass is 10.1. The van der Waals surface area contributed by atoms with Gasteiger partial charge in [0.25, 0.3) is 0 Å². The van der Waals surface area contributed by atoms with Gasteiger partial charge in [0.15, 0.2) is 0 Å². The van der Waals surface area contributed by atoms with Crippen molar-refractivity contribution in [3.05, 3.63) is 0 Å². The van der Waals surface area contributed by atoms with Gasteiger partial charge < -0.3 is 5.32 Å². The molecule has 3 unspecified atom stereocenters. The summed E-state index contributed by atoms with van der Waals surface area (Å²) in [6.45, 7) is 10.6. The van der Waals surface area contributed by atoms with Crippen LogP contribution in [0.25, 0.3) is 0 Å². The van der Waals surface area contributed by atoms with Crippen LogP contribution in [-0.2, 0) is 0 Å². The first-order chi connectivity index (χ1) is 6.63. The normalized spacial score (nSPS) is 31.7. The van der Waals surface area contributed by atoms with Crippen molar-refractivity contribution in [2.24, 2.45) is 5.92 Å². The van der Waals surface area contributed by atoms with Crippen LogP contribution in [0.15, 0.2) is 0 Å². The maximum Gasteiger partial charge on any atom is 0.0193 e. The summed E-state index contributed by atoms with van der Waals surface area (Å²) >= 11 is 1.96. The van der Waals surface area contributed by atoms with Crippen molar-refractivity contribution >= 4 is 11.8 Å². The minimum Gasteiger partial charge on any atom is -0.311 e. The molecule has 1 aliphatic rings. The molecular formula is C11H24N2S. The molecular weight excluding hydrogens is 192 g/mol. The second-order valence-electron chi connectivity index (χ2n) is 4.67. The summed E-state index contributed by atoms with van der Waals surface area (Å²) in [4.78, 5) is 2.63. The first-order valence-electron chi connectivity index (χ1n) is 5.59. The summed E-state index contributed by atoms with van der Waals surface area (Å²) in [5.74, 6) is 2.10. The van der Waals surface area contributed by atoms with Crippen LogP contribution >= 0.6 is 11.8 Å². The molecule has 0 aliphatic carbocycles. The molecule has 1 fully saturated rings. The lowest BCUT2D eigenvalue weighted by molar-refractivity contribution is 0.132. The Kier molecular flexibility index (Phi) is 5.28. The van der Waals surface area contributed by atoms with Crippen LogP contribution in [0, 0.1) is 5.92 Å². The third-order valence-electron chi connectivity index (χ3n) is 2.89. The lowest BCUT2D eigenvalue weighted by Crippen LogP contribution is -2.55. The Hall–Kier alpha value is 0.270. The number of hydrogen-bond acceptors (Lipinski definition) is 3. The van der Waals surface area contributed by atoms with E-state index in [0.29, 0.717) is 12.1 Å². The fourth-order valence-electron chi connectivity index (χ4n) is 2.09. The van der Waals surface area contributed by atoms with E-state index >= 15 is 0 Å². The van der Waals surface area contributed by atoms with Gasteiger partial charge in [-0.25, -0.2) is 0 Å². The zero-order valence-electron chi connectivity index (χ0n) is 9.92. The highest BCUT2D eigenvalue weighted by Crippen LogP contribution is 2.12. The molecule has 0 aromatic carbocycles. The first kappa shape index (κ1) is 12.3. The minimum absolute atomic E-state index is 0.660. The molecule has 1 N–H and O–H groups in total. The monoisotopic (exact) mass is 216 g/mol. The Bertz CT molecular complexity index is 163. The van der Waals surface area contributed by atoms with E-state index in [1.165, 1.54) is 18.8 Å². The van der Waals surface area contributed by atoms with Crippen LogP contribution in [-0.4, -0.2) is 48.6 Å². The molecule has 1 rings (SSSR count). The molecule has 0 aromatic heterocycles. The van der Waals surface area contributed by atoms with Crippen molar-refractivity contribution < 1.29 is 0 Å². The fourth-order valence-corrected chi connectivity index (χ4v) is 2.76. The number of hydrogen-bond donors (Lipinski definition) is 1. The summed E-state index contributed by atoms with van der Waals surface area (Å²) in [6.07, 6.45) is 2.19. The zero-order chi connectivity index (χ0) is 10.6. The van der Waals surface area contributed by atoms with E-state index in [1.54, 1.807) is 0 Å². The van der Waals surface area contributed by atoms with Crippen LogP contribution in [0.2, 0.25) is 0 Å². The highest BCUT2D eigenvalue weighted by Gasteiger charge is 2.23. The number of piperazine rings is 1. The van der Waals surface area contributed by atoms with Crippen LogP contribution in [0.1, 0.15) is 20.8 Å². The standard InChI is InChI=1S/C11H24N2S/c1-9(8-14-4)6-13-7-10(2)12-5-11(13)3/h9-12H,5-8H2,1-4H3. The highest BCUT2D eigenvalue weighted by atomic mass is 32.2. The van der Waals surface area contributed by atoms with E-state index < -0.39 is 0 Å². The van der Waals surface area contributed by atoms with Crippen molar-refractivity contribution in [1.29, 1.82) is 0 Å². The highest BCUT2D eigenvalue weighted by molar-refractivity contribution is 7.98. The van der Waals surface area contributed by atoms with Gasteiger partial charge in [-0.05, 0) is 31.8 Å². The average molecular weight is 216 g/mol. The molecule has 3 heteroatoms. The predicted molar refractivity (Wildman–Crippen MR) is 66.0 cm³/mol. The first-order valence-corrected chi connectivity index (χ1v) is 6.99. The Balaban J connectivity index is 2.33. The Morgan fingerprint density at radius 2 is 2.21 bits per heavy atom. The van der Waals surface area contributed by atoms with E-state index in [1.807, 2.05) is 11.8 Å². The van der Waals surface area contributed by atoms with Gasteiger partial charge in [0.1, 0.15) is 0 Å². The van der Waals surface area contributed by atoms with E-state index in [0.717, 1.165) is 12.5 Å². The van der Waals surface area contributed by atoms with Crippen LogP contribution in [0.3, 0.4) is 0 Å². The summed E-state index contributed by atoms with van der Waals surface area (Å²) in [5, 5.41) is 3.52. The molecule has 3 atom stereocenters. The molecule has 0 radical (unpaired) electrons. The summed E-state index contributed by atoms with van der Waals surface area (Å²) in [7, 11) is 0. The quantitative estimate of drug-likeness (QED) is 0.769. The number of rotatable bonds is 4. The largest absolute Gasteiger partial charge is 0.311 e. The Labute approximate surface area is 92.8 Å². The SMILES string of the molecule is CSCC(C)CN1CC(C)NCC1C. The summed E-state index contributed by atoms with van der Waals surface area (Å²) in [6, 6.07) is 1.36. The summed E-state index contributed by atoms with van der Waals surface area (Å²) in [5.41, 5.74) is 0. The van der Waals surface area contributed by atoms with E-state index in [9.17, 15) is 0 Å². The number of nitrogens with zero attached hydrogens (tertiary/aromatic N) is 1. The molecule has 2 nitrogen and oxygen atoms in total. The van der Waals surface area contributed by atoms with Gasteiger partial charge in [-0.15, -0.1) is 0 Å². The van der Waals surface area contributed by atoms with Gasteiger partial charge >= 0.3 is 0 Å². The second-order valence-corrected chi connectivity index (χ2v) is 5.58. The maximum atomic E-state index is 3.52. The number of nitrogens with one attached hydrogen (secondary N) is 1. The van der Waals surface area contributed by atoms with Gasteiger partial charge in [0.2, 0.25) is 0 Å². The smallest absolute Gasteiger partial charge is 0.0193 e. The van der Waals surface area contributed by atoms with Gasteiger partial charge in [-0.1, -0.05) is 6.92 Å². The topological polar surface area (TPSA) is 15.3 Å². The van der Waals surface area contributed by atoms with Crippen molar-refractivity contribution in [1.82, 2.24) is 10.2 Å². The molecule has 0 spiro atoms. The lowest BCUT2D eigenvalue weighted by Gasteiger charge is -2.38. The zero-order valence-corrected chi connectivity index (χ0v) is 10.7. The Morgan fingerprint density at radius 3 is 2.86 bits per heavy atom. The van der Waals surface area contributed by atoms with Gasteiger partial charge in [0.05, 0.1) is 0 Å². The number of thioether (sulfide) groups is 1. The van der Waals surface area contributed by atoms with E-state index in [-0.39, 0.29) is 0 Å². The van der Waals surface area contributed by atoms with Crippen molar-refractivity contribution in [2.45, 2.75) is 32.9 Å². The van der Waals surface area contributed by atoms with E-state index in [2.05, 4.69) is 37.2 Å². The maximum absolute atomic E-state index is 3.52. The van der Waals surface area contributed by atoms with Gasteiger partial charge in [-0.3, -0.25) is 4.90 Å². The van der Waals surface area contributed by atoms with Crippen molar-refractivity contribution in [3.63, 3.8) is 0 Å². The molecule has 1 heterocycles. The minimum atomic E-state index is 0.660. The molecule has 0 amide bonds. The van der Waals surface area contributed by atoms with Gasteiger partial charge in [-0.2, -0.15) is 11.8 Å². The van der Waals surface area contributed by atoms with Crippen molar-refractivity contribution in [3.8, 4) is 0 Å². The molecule has 84 valence electrons. The van der Waals surface area contributed by atoms with Crippen molar-refractivity contribution in [2.75, 3.05) is 31.6 Å². The third kappa shape index (κ3) is 3.79. The molecule has 0 bridgehead atoms. The van der Waals surface area contributed by atoms with Crippen LogP contribution in [0.4, 0.5) is 0 Å². The molecule has 0 saturated carbocycles. The van der Waals surface area contributed by atoms with Crippen LogP contribution in [0.5, 0.6) is 0 Å². The molecule has 14 heavy (non-hydrogen) atoms. The summed E-state index contributed by atoms with van der Waals surface area (Å²) < 4.78 is 0.